The fourth-order valence-corrected chi connectivity index (χ4v) is 1.54. The number of nitrogens with one attached hydrogen (secondary N) is 1. The molecule has 1 aromatic rings. The first-order chi connectivity index (χ1) is 9.56. The van der Waals surface area contributed by atoms with E-state index in [1.807, 2.05) is 0 Å². The van der Waals surface area contributed by atoms with E-state index in [0.29, 0.717) is 18.7 Å². The third-order valence-corrected chi connectivity index (χ3v) is 2.64. The van der Waals surface area contributed by atoms with E-state index in [0.717, 1.165) is 5.56 Å². The molecule has 0 aliphatic carbocycles. The van der Waals surface area contributed by atoms with Gasteiger partial charge >= 0.3 is 0 Å². The highest BCUT2D eigenvalue weighted by atomic mass is 16.5. The van der Waals surface area contributed by atoms with Crippen LogP contribution in [-0.4, -0.2) is 42.4 Å². The molecule has 0 fully saturated rings. The molecule has 0 unspecified atom stereocenters. The van der Waals surface area contributed by atoms with Crippen LogP contribution in [0.15, 0.2) is 24.3 Å². The minimum Gasteiger partial charge on any atom is -0.504 e. The number of methoxy groups -OCH3 is 1. The number of aliphatic hydroxyl groups is 1. The number of phenolic OH excluding ortho intramolecular Hbond substituents is 1. The topological polar surface area (TPSA) is 105 Å². The number of aromatic hydroxyl groups is 1. The summed E-state index contributed by atoms with van der Waals surface area (Å²) < 4.78 is 4.97. The summed E-state index contributed by atoms with van der Waals surface area (Å²) in [5.41, 5.74) is 6.01. The van der Waals surface area contributed by atoms with Crippen molar-refractivity contribution in [2.45, 2.75) is 12.5 Å². The minimum atomic E-state index is -0.633. The second kappa shape index (κ2) is 8.19. The fraction of sp³-hybridized carbons (Fsp3) is 0.357. The zero-order chi connectivity index (χ0) is 15.0. The molecule has 0 spiro atoms. The first kappa shape index (κ1) is 16.0. The van der Waals surface area contributed by atoms with Crippen molar-refractivity contribution >= 4 is 12.0 Å². The maximum Gasteiger partial charge on any atom is 0.244 e. The summed E-state index contributed by atoms with van der Waals surface area (Å²) in [5.74, 6) is 0.0676. The van der Waals surface area contributed by atoms with Gasteiger partial charge in [-0.15, -0.1) is 0 Å². The molecular weight excluding hydrogens is 260 g/mol. The number of benzene rings is 1. The monoisotopic (exact) mass is 280 g/mol. The van der Waals surface area contributed by atoms with Crippen LogP contribution in [0.25, 0.3) is 6.08 Å². The Hall–Kier alpha value is -2.05. The van der Waals surface area contributed by atoms with E-state index >= 15 is 0 Å². The van der Waals surface area contributed by atoms with Gasteiger partial charge in [-0.3, -0.25) is 4.79 Å². The van der Waals surface area contributed by atoms with Gasteiger partial charge in [-0.25, -0.2) is 0 Å². The lowest BCUT2D eigenvalue weighted by Gasteiger charge is -2.08. The highest BCUT2D eigenvalue weighted by Gasteiger charge is 2.04. The number of ether oxygens (including phenoxy) is 1. The highest BCUT2D eigenvalue weighted by Crippen LogP contribution is 2.26. The molecule has 0 heterocycles. The van der Waals surface area contributed by atoms with Crippen molar-refractivity contribution in [2.75, 3.05) is 20.2 Å². The van der Waals surface area contributed by atoms with Crippen LogP contribution >= 0.6 is 0 Å². The standard InChI is InChI=1S/C14H20N2O4/c1-20-13-8-10(2-4-12(13)18)3-5-14(19)16-9-11(17)6-7-15/h2-5,8,11,17-18H,6-7,9,15H2,1H3,(H,16,19)/t11-/m0/s1. The molecule has 0 aliphatic heterocycles. The average Bonchev–Trinajstić information content (AvgIpc) is 2.44. The molecule has 6 nitrogen and oxygen atoms in total. The quantitative estimate of drug-likeness (QED) is 0.536. The lowest BCUT2D eigenvalue weighted by atomic mass is 10.2. The smallest absolute Gasteiger partial charge is 0.244 e. The van der Waals surface area contributed by atoms with Crippen LogP contribution in [0.5, 0.6) is 11.5 Å². The Labute approximate surface area is 117 Å². The summed E-state index contributed by atoms with van der Waals surface area (Å²) in [6.07, 6.45) is 2.75. The molecule has 6 heteroatoms. The van der Waals surface area contributed by atoms with Crippen LogP contribution < -0.4 is 15.8 Å². The van der Waals surface area contributed by atoms with E-state index in [-0.39, 0.29) is 18.2 Å². The van der Waals surface area contributed by atoms with Crippen molar-refractivity contribution in [3.63, 3.8) is 0 Å². The van der Waals surface area contributed by atoms with E-state index in [2.05, 4.69) is 5.32 Å². The molecule has 0 saturated carbocycles. The maximum atomic E-state index is 11.5. The minimum absolute atomic E-state index is 0.0407. The number of hydrogen-bond acceptors (Lipinski definition) is 5. The Balaban J connectivity index is 2.53. The van der Waals surface area contributed by atoms with Gasteiger partial charge in [0.05, 0.1) is 13.2 Å². The molecule has 1 aromatic carbocycles. The molecule has 1 amide bonds. The normalized spacial score (nSPS) is 12.3. The number of amides is 1. The maximum absolute atomic E-state index is 11.5. The molecule has 0 aliphatic rings. The van der Waals surface area contributed by atoms with Gasteiger partial charge < -0.3 is 26.0 Å². The lowest BCUT2D eigenvalue weighted by Crippen LogP contribution is -2.32. The average molecular weight is 280 g/mol. The summed E-state index contributed by atoms with van der Waals surface area (Å²) in [4.78, 5) is 11.5. The van der Waals surface area contributed by atoms with Gasteiger partial charge in [-0.1, -0.05) is 6.07 Å². The number of aliphatic hydroxyl groups excluding tert-OH is 1. The predicted octanol–water partition coefficient (Wildman–Crippen LogP) is 0.240. The van der Waals surface area contributed by atoms with E-state index < -0.39 is 6.10 Å². The first-order valence-corrected chi connectivity index (χ1v) is 6.28. The van der Waals surface area contributed by atoms with Crippen molar-refractivity contribution in [2.24, 2.45) is 5.73 Å². The van der Waals surface area contributed by atoms with E-state index in [1.54, 1.807) is 18.2 Å². The van der Waals surface area contributed by atoms with E-state index in [9.17, 15) is 15.0 Å². The predicted molar refractivity (Wildman–Crippen MR) is 76.4 cm³/mol. The molecule has 0 radical (unpaired) electrons. The SMILES string of the molecule is COc1cc(C=CC(=O)NC[C@@H](O)CCN)ccc1O. The van der Waals surface area contributed by atoms with Crippen molar-refractivity contribution in [1.29, 1.82) is 0 Å². The Kier molecular flexibility index (Phi) is 6.55. The Morgan fingerprint density at radius 1 is 1.55 bits per heavy atom. The van der Waals surface area contributed by atoms with Gasteiger partial charge in [0.15, 0.2) is 11.5 Å². The summed E-state index contributed by atoms with van der Waals surface area (Å²) >= 11 is 0. The van der Waals surface area contributed by atoms with Crippen LogP contribution in [-0.2, 0) is 4.79 Å². The zero-order valence-electron chi connectivity index (χ0n) is 11.4. The first-order valence-electron chi connectivity index (χ1n) is 6.28. The summed E-state index contributed by atoms with van der Waals surface area (Å²) in [6.45, 7) is 0.541. The zero-order valence-corrected chi connectivity index (χ0v) is 11.4. The molecule has 0 bridgehead atoms. The number of hydrogen-bond donors (Lipinski definition) is 4. The number of carbonyl (C=O) groups is 1. The largest absolute Gasteiger partial charge is 0.504 e. The molecule has 20 heavy (non-hydrogen) atoms. The molecule has 0 saturated heterocycles. The molecule has 0 aromatic heterocycles. The van der Waals surface area contributed by atoms with Gasteiger partial charge in [0.1, 0.15) is 0 Å². The van der Waals surface area contributed by atoms with Crippen molar-refractivity contribution < 1.29 is 19.7 Å². The van der Waals surface area contributed by atoms with E-state index in [4.69, 9.17) is 10.5 Å². The van der Waals surface area contributed by atoms with Crippen LogP contribution in [0.1, 0.15) is 12.0 Å². The van der Waals surface area contributed by atoms with Crippen molar-refractivity contribution in [1.82, 2.24) is 5.32 Å². The highest BCUT2D eigenvalue weighted by molar-refractivity contribution is 5.91. The van der Waals surface area contributed by atoms with E-state index in [1.165, 1.54) is 19.3 Å². The molecule has 1 rings (SSSR count). The third kappa shape index (κ3) is 5.29. The molecule has 5 N–H and O–H groups in total. The fourth-order valence-electron chi connectivity index (χ4n) is 1.54. The molecule has 1 atom stereocenters. The van der Waals surface area contributed by atoms with Gasteiger partial charge in [-0.2, -0.15) is 0 Å². The molecule has 110 valence electrons. The number of nitrogens with two attached hydrogens (primary N) is 1. The van der Waals surface area contributed by atoms with Crippen LogP contribution in [0.4, 0.5) is 0 Å². The lowest BCUT2D eigenvalue weighted by molar-refractivity contribution is -0.116. The number of carbonyl (C=O) groups excluding carboxylic acids is 1. The Bertz CT molecular complexity index is 474. The summed E-state index contributed by atoms with van der Waals surface area (Å²) in [7, 11) is 1.45. The number of phenols is 1. The van der Waals surface area contributed by atoms with Gasteiger partial charge in [0, 0.05) is 12.6 Å². The van der Waals surface area contributed by atoms with Crippen molar-refractivity contribution in [3.05, 3.63) is 29.8 Å². The van der Waals surface area contributed by atoms with Crippen molar-refractivity contribution in [3.8, 4) is 11.5 Å². The summed E-state index contributed by atoms with van der Waals surface area (Å²) in [6, 6.07) is 4.76. The third-order valence-electron chi connectivity index (χ3n) is 2.64. The van der Waals surface area contributed by atoms with Gasteiger partial charge in [-0.05, 0) is 36.7 Å². The van der Waals surface area contributed by atoms with Crippen LogP contribution in [0, 0.1) is 0 Å². The Morgan fingerprint density at radius 2 is 2.30 bits per heavy atom. The van der Waals surface area contributed by atoms with Crippen LogP contribution in [0.2, 0.25) is 0 Å². The van der Waals surface area contributed by atoms with Crippen LogP contribution in [0.3, 0.4) is 0 Å². The van der Waals surface area contributed by atoms with Gasteiger partial charge in [0.2, 0.25) is 5.91 Å². The second-order valence-electron chi connectivity index (χ2n) is 4.24. The van der Waals surface area contributed by atoms with Gasteiger partial charge in [0.25, 0.3) is 0 Å². The second-order valence-corrected chi connectivity index (χ2v) is 4.24. The number of rotatable bonds is 7. The summed E-state index contributed by atoms with van der Waals surface area (Å²) in [5, 5.41) is 21.4. The molecular formula is C14H20N2O4. The Morgan fingerprint density at radius 3 is 2.95 bits per heavy atom.